The minimum atomic E-state index is -0.271. The van der Waals surface area contributed by atoms with Crippen molar-refractivity contribution in [3.05, 3.63) is 0 Å². The van der Waals surface area contributed by atoms with Crippen LogP contribution in [-0.2, 0) is 4.79 Å². The van der Waals surface area contributed by atoms with E-state index in [9.17, 15) is 4.79 Å². The fraction of sp³-hybridized carbons (Fsp3) is 0.889. The Kier molecular flexibility index (Phi) is 8.69. The predicted octanol–water partition coefficient (Wildman–Crippen LogP) is 1.26. The number of halogens is 1. The number of rotatable bonds is 5. The van der Waals surface area contributed by atoms with Gasteiger partial charge in [0.15, 0.2) is 0 Å². The van der Waals surface area contributed by atoms with Crippen LogP contribution < -0.4 is 11.1 Å². The molecule has 0 aliphatic rings. The zero-order valence-corrected chi connectivity index (χ0v) is 10.9. The molecule has 0 rings (SSSR count). The van der Waals surface area contributed by atoms with Gasteiger partial charge in [-0.15, -0.1) is 12.4 Å². The predicted molar refractivity (Wildman–Crippen MR) is 66.1 cm³/mol. The minimum absolute atomic E-state index is 0. The number of nitrogens with two attached hydrogens (primary N) is 1. The SMILES string of the molecule is CSCC(=O)NC(C)(CN)C(C)C.Cl. The van der Waals surface area contributed by atoms with E-state index in [0.717, 1.165) is 0 Å². The van der Waals surface area contributed by atoms with Crippen molar-refractivity contribution < 1.29 is 4.79 Å². The van der Waals surface area contributed by atoms with E-state index in [1.54, 1.807) is 0 Å². The highest BCUT2D eigenvalue weighted by atomic mass is 35.5. The summed E-state index contributed by atoms with van der Waals surface area (Å²) >= 11 is 1.52. The normalized spacial score (nSPS) is 14.4. The van der Waals surface area contributed by atoms with E-state index < -0.39 is 0 Å². The summed E-state index contributed by atoms with van der Waals surface area (Å²) in [6, 6.07) is 0. The summed E-state index contributed by atoms with van der Waals surface area (Å²) in [4.78, 5) is 11.3. The fourth-order valence-corrected chi connectivity index (χ4v) is 1.25. The van der Waals surface area contributed by atoms with Crippen molar-refractivity contribution in [3.63, 3.8) is 0 Å². The molecule has 0 fully saturated rings. The Morgan fingerprint density at radius 3 is 2.36 bits per heavy atom. The van der Waals surface area contributed by atoms with E-state index in [1.165, 1.54) is 11.8 Å². The molecule has 0 aliphatic carbocycles. The van der Waals surface area contributed by atoms with Gasteiger partial charge in [-0.3, -0.25) is 4.79 Å². The van der Waals surface area contributed by atoms with Crippen LogP contribution in [0.2, 0.25) is 0 Å². The summed E-state index contributed by atoms with van der Waals surface area (Å²) in [5, 5.41) is 2.96. The maximum atomic E-state index is 11.3. The van der Waals surface area contributed by atoms with Gasteiger partial charge in [0, 0.05) is 6.54 Å². The number of thioether (sulfide) groups is 1. The van der Waals surface area contributed by atoms with E-state index >= 15 is 0 Å². The van der Waals surface area contributed by atoms with Gasteiger partial charge in [-0.25, -0.2) is 0 Å². The van der Waals surface area contributed by atoms with E-state index in [-0.39, 0.29) is 23.9 Å². The maximum absolute atomic E-state index is 11.3. The molecule has 0 aromatic carbocycles. The van der Waals surface area contributed by atoms with Crippen LogP contribution in [0.25, 0.3) is 0 Å². The molecule has 1 amide bonds. The topological polar surface area (TPSA) is 55.1 Å². The maximum Gasteiger partial charge on any atom is 0.230 e. The number of hydrogen-bond acceptors (Lipinski definition) is 3. The highest BCUT2D eigenvalue weighted by Crippen LogP contribution is 2.14. The van der Waals surface area contributed by atoms with E-state index in [4.69, 9.17) is 5.73 Å². The van der Waals surface area contributed by atoms with Gasteiger partial charge in [0.05, 0.1) is 11.3 Å². The van der Waals surface area contributed by atoms with Crippen LogP contribution in [0.4, 0.5) is 0 Å². The first-order chi connectivity index (χ1) is 5.96. The molecule has 5 heteroatoms. The highest BCUT2D eigenvalue weighted by Gasteiger charge is 2.27. The zero-order valence-electron chi connectivity index (χ0n) is 9.29. The van der Waals surface area contributed by atoms with Crippen LogP contribution in [-0.4, -0.2) is 30.0 Å². The molecular weight excluding hydrogens is 220 g/mol. The molecule has 0 saturated heterocycles. The van der Waals surface area contributed by atoms with Crippen molar-refractivity contribution in [1.82, 2.24) is 5.32 Å². The quantitative estimate of drug-likeness (QED) is 0.761. The minimum Gasteiger partial charge on any atom is -0.349 e. The first-order valence-corrected chi connectivity index (χ1v) is 5.85. The van der Waals surface area contributed by atoms with Crippen molar-refractivity contribution in [3.8, 4) is 0 Å². The second kappa shape index (κ2) is 7.37. The molecule has 0 spiro atoms. The van der Waals surface area contributed by atoms with Gasteiger partial charge in [0.2, 0.25) is 5.91 Å². The lowest BCUT2D eigenvalue weighted by atomic mass is 9.88. The molecule has 1 unspecified atom stereocenters. The van der Waals surface area contributed by atoms with Crippen LogP contribution in [0, 0.1) is 5.92 Å². The number of carbonyl (C=O) groups excluding carboxylic acids is 1. The van der Waals surface area contributed by atoms with E-state index in [2.05, 4.69) is 19.2 Å². The summed E-state index contributed by atoms with van der Waals surface area (Å²) < 4.78 is 0. The van der Waals surface area contributed by atoms with Crippen molar-refractivity contribution >= 4 is 30.1 Å². The first-order valence-electron chi connectivity index (χ1n) is 4.46. The van der Waals surface area contributed by atoms with Gasteiger partial charge in [-0.1, -0.05) is 13.8 Å². The van der Waals surface area contributed by atoms with Gasteiger partial charge >= 0.3 is 0 Å². The van der Waals surface area contributed by atoms with Gasteiger partial charge in [0.1, 0.15) is 0 Å². The van der Waals surface area contributed by atoms with Gasteiger partial charge in [-0.05, 0) is 19.1 Å². The lowest BCUT2D eigenvalue weighted by molar-refractivity contribution is -0.120. The summed E-state index contributed by atoms with van der Waals surface area (Å²) in [6.45, 7) is 6.58. The average Bonchev–Trinajstić information content (AvgIpc) is 2.04. The van der Waals surface area contributed by atoms with Crippen LogP contribution in [0.1, 0.15) is 20.8 Å². The van der Waals surface area contributed by atoms with Crippen molar-refractivity contribution in [2.24, 2.45) is 11.7 Å². The third-order valence-corrected chi connectivity index (χ3v) is 2.95. The third-order valence-electron chi connectivity index (χ3n) is 2.40. The van der Waals surface area contributed by atoms with Gasteiger partial charge < -0.3 is 11.1 Å². The lowest BCUT2D eigenvalue weighted by Gasteiger charge is -2.33. The summed E-state index contributed by atoms with van der Waals surface area (Å²) in [7, 11) is 0. The molecule has 0 aliphatic heterocycles. The number of amides is 1. The Balaban J connectivity index is 0. The molecule has 0 aromatic rings. The third kappa shape index (κ3) is 5.08. The average molecular weight is 241 g/mol. The molecule has 1 atom stereocenters. The van der Waals surface area contributed by atoms with Crippen molar-refractivity contribution in [2.75, 3.05) is 18.6 Å². The smallest absolute Gasteiger partial charge is 0.230 e. The Labute approximate surface area is 97.0 Å². The number of hydrogen-bond donors (Lipinski definition) is 2. The van der Waals surface area contributed by atoms with E-state index in [0.29, 0.717) is 18.2 Å². The van der Waals surface area contributed by atoms with Gasteiger partial charge in [0.25, 0.3) is 0 Å². The van der Waals surface area contributed by atoms with E-state index in [1.807, 2.05) is 13.2 Å². The van der Waals surface area contributed by atoms with Crippen LogP contribution in [0.5, 0.6) is 0 Å². The molecule has 0 bridgehead atoms. The molecule has 3 nitrogen and oxygen atoms in total. The Hall–Kier alpha value is 0.0700. The number of nitrogens with one attached hydrogen (secondary N) is 1. The van der Waals surface area contributed by atoms with Crippen LogP contribution in [0.3, 0.4) is 0 Å². The molecule has 3 N–H and O–H groups in total. The standard InChI is InChI=1S/C9H20N2OS.ClH/c1-7(2)9(3,6-10)11-8(12)5-13-4;/h7H,5-6,10H2,1-4H3,(H,11,12);1H. The number of carbonyl (C=O) groups is 1. The molecule has 0 aromatic heterocycles. The zero-order chi connectivity index (χ0) is 10.5. The fourth-order valence-electron chi connectivity index (χ4n) is 0.917. The Bertz CT molecular complexity index is 178. The molecule has 0 saturated carbocycles. The highest BCUT2D eigenvalue weighted by molar-refractivity contribution is 7.99. The molecular formula is C9H21ClN2OS. The van der Waals surface area contributed by atoms with Crippen molar-refractivity contribution in [2.45, 2.75) is 26.3 Å². The molecule has 0 heterocycles. The molecule has 14 heavy (non-hydrogen) atoms. The molecule has 0 radical (unpaired) electrons. The summed E-state index contributed by atoms with van der Waals surface area (Å²) in [5.41, 5.74) is 5.36. The second-order valence-corrected chi connectivity index (χ2v) is 4.62. The summed E-state index contributed by atoms with van der Waals surface area (Å²) in [5.74, 6) is 0.917. The lowest BCUT2D eigenvalue weighted by Crippen LogP contribution is -2.55. The second-order valence-electron chi connectivity index (χ2n) is 3.76. The largest absolute Gasteiger partial charge is 0.349 e. The molecule has 86 valence electrons. The summed E-state index contributed by atoms with van der Waals surface area (Å²) in [6.07, 6.45) is 1.91. The first kappa shape index (κ1) is 16.5. The Morgan fingerprint density at radius 2 is 2.07 bits per heavy atom. The Morgan fingerprint density at radius 1 is 1.57 bits per heavy atom. The van der Waals surface area contributed by atoms with Crippen molar-refractivity contribution in [1.29, 1.82) is 0 Å². The monoisotopic (exact) mass is 240 g/mol. The van der Waals surface area contributed by atoms with Crippen LogP contribution in [0.15, 0.2) is 0 Å². The van der Waals surface area contributed by atoms with Gasteiger partial charge in [-0.2, -0.15) is 11.8 Å². The van der Waals surface area contributed by atoms with Crippen LogP contribution >= 0.6 is 24.2 Å².